The highest BCUT2D eigenvalue weighted by atomic mass is 35.5. The van der Waals surface area contributed by atoms with Gasteiger partial charge in [-0.3, -0.25) is 4.79 Å². The van der Waals surface area contributed by atoms with Crippen LogP contribution in [0.3, 0.4) is 0 Å². The van der Waals surface area contributed by atoms with Crippen molar-refractivity contribution in [2.24, 2.45) is 5.73 Å². The smallest absolute Gasteiger partial charge is 0.250 e. The maximum atomic E-state index is 13.3. The monoisotopic (exact) mass is 320 g/mol. The molecule has 1 aromatic rings. The van der Waals surface area contributed by atoms with Gasteiger partial charge in [-0.15, -0.1) is 24.2 Å². The van der Waals surface area contributed by atoms with Gasteiger partial charge in [-0.05, 0) is 30.2 Å². The van der Waals surface area contributed by atoms with E-state index in [4.69, 9.17) is 10.5 Å². The molecule has 0 bridgehead atoms. The van der Waals surface area contributed by atoms with E-state index in [0.29, 0.717) is 0 Å². The molecule has 2 unspecified atom stereocenters. The summed E-state index contributed by atoms with van der Waals surface area (Å²) >= 11 is 1.67. The highest BCUT2D eigenvalue weighted by Gasteiger charge is 2.25. The topological polar surface area (TPSA) is 64.3 Å². The maximum absolute atomic E-state index is 13.3. The molecule has 0 saturated heterocycles. The van der Waals surface area contributed by atoms with E-state index in [1.165, 1.54) is 19.2 Å². The number of rotatable bonds is 4. The second kappa shape index (κ2) is 7.83. The molecule has 2 atom stereocenters. The van der Waals surface area contributed by atoms with Crippen molar-refractivity contribution < 1.29 is 13.9 Å². The summed E-state index contributed by atoms with van der Waals surface area (Å²) in [6, 6.07) is 4.50. The van der Waals surface area contributed by atoms with Crippen LogP contribution in [0.1, 0.15) is 18.0 Å². The Morgan fingerprint density at radius 3 is 3.05 bits per heavy atom. The van der Waals surface area contributed by atoms with Crippen LogP contribution < -0.4 is 11.1 Å². The SMILES string of the molecule is COC(CN)C(=O)NC1CCSc2ccc(F)cc21.Cl. The van der Waals surface area contributed by atoms with Crippen LogP contribution in [-0.2, 0) is 9.53 Å². The molecule has 0 aromatic heterocycles. The molecular weight excluding hydrogens is 303 g/mol. The Hall–Kier alpha value is -0.820. The molecule has 0 spiro atoms. The van der Waals surface area contributed by atoms with Crippen molar-refractivity contribution in [3.05, 3.63) is 29.6 Å². The summed E-state index contributed by atoms with van der Waals surface area (Å²) in [5, 5.41) is 2.88. The van der Waals surface area contributed by atoms with E-state index in [-0.39, 0.29) is 36.7 Å². The summed E-state index contributed by atoms with van der Waals surface area (Å²) in [5.41, 5.74) is 6.29. The van der Waals surface area contributed by atoms with Gasteiger partial charge in [-0.25, -0.2) is 4.39 Å². The van der Waals surface area contributed by atoms with Gasteiger partial charge in [0.15, 0.2) is 0 Å². The van der Waals surface area contributed by atoms with Crippen molar-refractivity contribution in [2.75, 3.05) is 19.4 Å². The van der Waals surface area contributed by atoms with E-state index in [9.17, 15) is 9.18 Å². The maximum Gasteiger partial charge on any atom is 0.250 e. The minimum atomic E-state index is -0.661. The van der Waals surface area contributed by atoms with Crippen LogP contribution in [0.4, 0.5) is 4.39 Å². The minimum absolute atomic E-state index is 0. The first-order valence-corrected chi connectivity index (χ1v) is 7.09. The molecule has 1 aliphatic heterocycles. The van der Waals surface area contributed by atoms with Gasteiger partial charge in [0.25, 0.3) is 5.91 Å². The Morgan fingerprint density at radius 2 is 2.40 bits per heavy atom. The number of amides is 1. The number of hydrogen-bond donors (Lipinski definition) is 2. The summed E-state index contributed by atoms with van der Waals surface area (Å²) in [6.45, 7) is 0.125. The summed E-state index contributed by atoms with van der Waals surface area (Å²) < 4.78 is 18.3. The van der Waals surface area contributed by atoms with E-state index < -0.39 is 6.10 Å². The van der Waals surface area contributed by atoms with Crippen LogP contribution in [0, 0.1) is 5.82 Å². The molecule has 2 rings (SSSR count). The number of benzene rings is 1. The van der Waals surface area contributed by atoms with Crippen molar-refractivity contribution in [1.29, 1.82) is 0 Å². The van der Waals surface area contributed by atoms with Gasteiger partial charge in [-0.1, -0.05) is 0 Å². The number of methoxy groups -OCH3 is 1. The zero-order chi connectivity index (χ0) is 13.8. The summed E-state index contributed by atoms with van der Waals surface area (Å²) in [5.74, 6) is 0.351. The lowest BCUT2D eigenvalue weighted by atomic mass is 10.0. The quantitative estimate of drug-likeness (QED) is 0.889. The van der Waals surface area contributed by atoms with Crippen LogP contribution in [0.5, 0.6) is 0 Å². The fourth-order valence-electron chi connectivity index (χ4n) is 2.09. The Balaban J connectivity index is 0.00000200. The summed E-state index contributed by atoms with van der Waals surface area (Å²) in [7, 11) is 1.45. The third kappa shape index (κ3) is 3.85. The fraction of sp³-hybridized carbons (Fsp3) is 0.462. The lowest BCUT2D eigenvalue weighted by Crippen LogP contribution is -2.42. The second-order valence-electron chi connectivity index (χ2n) is 4.34. The predicted octanol–water partition coefficient (Wildman–Crippen LogP) is 1.87. The predicted molar refractivity (Wildman–Crippen MR) is 79.7 cm³/mol. The summed E-state index contributed by atoms with van der Waals surface area (Å²) in [6.07, 6.45) is 0.111. The van der Waals surface area contributed by atoms with E-state index >= 15 is 0 Å². The van der Waals surface area contributed by atoms with E-state index in [2.05, 4.69) is 5.32 Å². The normalized spacial score (nSPS) is 18.6. The average molecular weight is 321 g/mol. The average Bonchev–Trinajstić information content (AvgIpc) is 2.41. The standard InChI is InChI=1S/C13H17FN2O2S.ClH/c1-18-11(7-15)13(17)16-10-4-5-19-12-3-2-8(14)6-9(10)12;/h2-3,6,10-11H,4-5,7,15H2,1H3,(H,16,17);1H. The summed E-state index contributed by atoms with van der Waals surface area (Å²) in [4.78, 5) is 13.0. The van der Waals surface area contributed by atoms with E-state index in [1.54, 1.807) is 17.8 Å². The van der Waals surface area contributed by atoms with Crippen molar-refractivity contribution in [1.82, 2.24) is 5.32 Å². The molecule has 1 aromatic carbocycles. The van der Waals surface area contributed by atoms with Gasteiger partial charge in [0, 0.05) is 24.3 Å². The number of carbonyl (C=O) groups excluding carboxylic acids is 1. The zero-order valence-electron chi connectivity index (χ0n) is 11.1. The van der Waals surface area contributed by atoms with Crippen molar-refractivity contribution in [3.63, 3.8) is 0 Å². The molecule has 0 saturated carbocycles. The fourth-order valence-corrected chi connectivity index (χ4v) is 3.20. The lowest BCUT2D eigenvalue weighted by Gasteiger charge is -2.27. The molecule has 0 fully saturated rings. The molecule has 7 heteroatoms. The second-order valence-corrected chi connectivity index (χ2v) is 5.48. The van der Waals surface area contributed by atoms with E-state index in [0.717, 1.165) is 22.6 Å². The van der Waals surface area contributed by atoms with Crippen molar-refractivity contribution >= 4 is 30.1 Å². The van der Waals surface area contributed by atoms with Gasteiger partial charge in [0.2, 0.25) is 0 Å². The van der Waals surface area contributed by atoms with Crippen LogP contribution in [-0.4, -0.2) is 31.4 Å². The number of nitrogens with two attached hydrogens (primary N) is 1. The van der Waals surface area contributed by atoms with Crippen molar-refractivity contribution in [2.45, 2.75) is 23.5 Å². The minimum Gasteiger partial charge on any atom is -0.370 e. The Kier molecular flexibility index (Phi) is 6.75. The molecule has 0 aliphatic carbocycles. The third-order valence-electron chi connectivity index (χ3n) is 3.12. The molecule has 1 aliphatic rings. The van der Waals surface area contributed by atoms with Gasteiger partial charge in [0.1, 0.15) is 11.9 Å². The molecule has 20 heavy (non-hydrogen) atoms. The first kappa shape index (κ1) is 17.2. The molecule has 4 nitrogen and oxygen atoms in total. The van der Waals surface area contributed by atoms with Crippen LogP contribution in [0.15, 0.2) is 23.1 Å². The van der Waals surface area contributed by atoms with Crippen LogP contribution in [0.25, 0.3) is 0 Å². The zero-order valence-corrected chi connectivity index (χ0v) is 12.7. The van der Waals surface area contributed by atoms with Gasteiger partial charge in [0.05, 0.1) is 6.04 Å². The Bertz CT molecular complexity index is 472. The molecule has 1 heterocycles. The highest BCUT2D eigenvalue weighted by molar-refractivity contribution is 7.99. The highest BCUT2D eigenvalue weighted by Crippen LogP contribution is 2.36. The number of hydrogen-bond acceptors (Lipinski definition) is 4. The van der Waals surface area contributed by atoms with E-state index in [1.807, 2.05) is 0 Å². The molecule has 1 amide bonds. The lowest BCUT2D eigenvalue weighted by molar-refractivity contribution is -0.131. The third-order valence-corrected chi connectivity index (χ3v) is 4.24. The molecule has 0 radical (unpaired) electrons. The number of ether oxygens (including phenoxy) is 1. The number of nitrogens with one attached hydrogen (secondary N) is 1. The molecule has 3 N–H and O–H groups in total. The van der Waals surface area contributed by atoms with Crippen LogP contribution >= 0.6 is 24.2 Å². The molecular formula is C13H18ClFN2O2S. The number of thioether (sulfide) groups is 1. The van der Waals surface area contributed by atoms with Crippen LogP contribution in [0.2, 0.25) is 0 Å². The Morgan fingerprint density at radius 1 is 1.65 bits per heavy atom. The van der Waals surface area contributed by atoms with Gasteiger partial charge >= 0.3 is 0 Å². The molecule has 112 valence electrons. The van der Waals surface area contributed by atoms with Gasteiger partial charge < -0.3 is 15.8 Å². The Labute approximate surface area is 128 Å². The number of carbonyl (C=O) groups is 1. The number of fused-ring (bicyclic) bond motifs is 1. The largest absolute Gasteiger partial charge is 0.370 e. The first-order chi connectivity index (χ1) is 9.15. The number of halogens is 2. The van der Waals surface area contributed by atoms with Gasteiger partial charge in [-0.2, -0.15) is 0 Å². The van der Waals surface area contributed by atoms with Crippen molar-refractivity contribution in [3.8, 4) is 0 Å². The first-order valence-electron chi connectivity index (χ1n) is 6.11.